The molecule has 0 bridgehead atoms. The van der Waals surface area contributed by atoms with Crippen molar-refractivity contribution in [2.45, 2.75) is 18.9 Å². The Kier molecular flexibility index (Phi) is 8.81. The molecule has 2 aromatic carbocycles. The molecule has 0 radical (unpaired) electrons. The Morgan fingerprint density at radius 1 is 0.783 bits per heavy atom. The van der Waals surface area contributed by atoms with E-state index in [1.807, 2.05) is 12.1 Å². The van der Waals surface area contributed by atoms with Crippen LogP contribution in [0.2, 0.25) is 0 Å². The van der Waals surface area contributed by atoms with Crippen LogP contribution in [0.15, 0.2) is 60.7 Å². The summed E-state index contributed by atoms with van der Waals surface area (Å²) in [4.78, 5) is 0. The minimum absolute atomic E-state index is 0. The smallest absolute Gasteiger partial charge is 0.108 e. The third-order valence-corrected chi connectivity index (χ3v) is 3.71. The van der Waals surface area contributed by atoms with E-state index in [4.69, 9.17) is 4.74 Å². The zero-order valence-electron chi connectivity index (χ0n) is 14.4. The van der Waals surface area contributed by atoms with Crippen molar-refractivity contribution in [3.8, 4) is 0 Å². The molecule has 23 heavy (non-hydrogen) atoms. The first-order chi connectivity index (χ1) is 10.6. The second kappa shape index (κ2) is 10.1. The molecule has 0 amide bonds. The normalized spacial score (nSPS) is 11.3. The molecule has 0 aliphatic carbocycles. The highest BCUT2D eigenvalue weighted by molar-refractivity contribution is 5.29. The van der Waals surface area contributed by atoms with Crippen molar-refractivity contribution < 1.29 is 33.2 Å². The van der Waals surface area contributed by atoms with Crippen molar-refractivity contribution in [1.29, 1.82) is 0 Å². The summed E-state index contributed by atoms with van der Waals surface area (Å²) in [6.45, 7) is 1.99. The molecule has 0 spiro atoms. The molecule has 126 valence electrons. The Morgan fingerprint density at radius 3 is 1.70 bits per heavy atom. The van der Waals surface area contributed by atoms with Gasteiger partial charge in [0.2, 0.25) is 0 Å². The lowest BCUT2D eigenvalue weighted by molar-refractivity contribution is -0.870. The van der Waals surface area contributed by atoms with Gasteiger partial charge in [-0.1, -0.05) is 60.7 Å². The van der Waals surface area contributed by atoms with Crippen LogP contribution in [0, 0.1) is 0 Å². The molecule has 0 aromatic heterocycles. The van der Waals surface area contributed by atoms with Gasteiger partial charge in [-0.3, -0.25) is 0 Å². The van der Waals surface area contributed by atoms with Crippen molar-refractivity contribution in [2.24, 2.45) is 0 Å². The highest BCUT2D eigenvalue weighted by Gasteiger charge is 2.14. The second-order valence-electron chi connectivity index (χ2n) is 6.79. The molecular formula is C20H28INO. The van der Waals surface area contributed by atoms with Crippen LogP contribution in [0.25, 0.3) is 0 Å². The molecule has 0 saturated heterocycles. The number of ether oxygens (including phenoxy) is 1. The molecule has 3 heteroatoms. The molecule has 2 nitrogen and oxygen atoms in total. The van der Waals surface area contributed by atoms with Crippen molar-refractivity contribution in [3.63, 3.8) is 0 Å². The highest BCUT2D eigenvalue weighted by atomic mass is 127. The number of hydrogen-bond donors (Lipinski definition) is 0. The molecular weight excluding hydrogens is 397 g/mol. The average molecular weight is 425 g/mol. The molecule has 0 aliphatic heterocycles. The standard InChI is InChI=1S/C20H28NO.HI/c1-21(2,3)16-10-11-17-22-20(18-12-6-4-7-13-18)19-14-8-5-9-15-19;/h4-9,12-15,20H,10-11,16-17H2,1-3H3;1H/q+1;/p-1. The molecule has 2 aromatic rings. The van der Waals surface area contributed by atoms with Crippen LogP contribution in [0.4, 0.5) is 0 Å². The number of quaternary nitrogens is 1. The summed E-state index contributed by atoms with van der Waals surface area (Å²) >= 11 is 0. The maximum atomic E-state index is 6.22. The monoisotopic (exact) mass is 425 g/mol. The van der Waals surface area contributed by atoms with Crippen LogP contribution < -0.4 is 24.0 Å². The zero-order chi connectivity index (χ0) is 15.8. The van der Waals surface area contributed by atoms with Gasteiger partial charge >= 0.3 is 0 Å². The molecule has 0 saturated carbocycles. The number of rotatable bonds is 8. The predicted octanol–water partition coefficient (Wildman–Crippen LogP) is 1.28. The predicted molar refractivity (Wildman–Crippen MR) is 92.8 cm³/mol. The maximum absolute atomic E-state index is 6.22. The molecule has 0 heterocycles. The van der Waals surface area contributed by atoms with Crippen LogP contribution in [0.1, 0.15) is 30.1 Å². The van der Waals surface area contributed by atoms with Crippen molar-refractivity contribution in [2.75, 3.05) is 34.3 Å². The van der Waals surface area contributed by atoms with E-state index >= 15 is 0 Å². The van der Waals surface area contributed by atoms with Gasteiger partial charge in [0.15, 0.2) is 0 Å². The molecule has 0 fully saturated rings. The number of hydrogen-bond acceptors (Lipinski definition) is 1. The fourth-order valence-corrected chi connectivity index (χ4v) is 2.53. The van der Waals surface area contributed by atoms with Gasteiger partial charge in [-0.25, -0.2) is 0 Å². The van der Waals surface area contributed by atoms with E-state index in [1.165, 1.54) is 24.1 Å². The lowest BCUT2D eigenvalue weighted by Crippen LogP contribution is -3.00. The van der Waals surface area contributed by atoms with Crippen LogP contribution >= 0.6 is 0 Å². The van der Waals surface area contributed by atoms with Crippen LogP contribution in [0.5, 0.6) is 0 Å². The topological polar surface area (TPSA) is 9.23 Å². The molecule has 0 N–H and O–H groups in total. The Hall–Kier alpha value is -0.910. The minimum atomic E-state index is 0. The van der Waals surface area contributed by atoms with E-state index in [0.717, 1.165) is 17.5 Å². The lowest BCUT2D eigenvalue weighted by atomic mass is 10.0. The van der Waals surface area contributed by atoms with Gasteiger partial charge in [-0.05, 0) is 24.0 Å². The van der Waals surface area contributed by atoms with E-state index in [1.54, 1.807) is 0 Å². The average Bonchev–Trinajstić information content (AvgIpc) is 2.51. The van der Waals surface area contributed by atoms with Gasteiger partial charge in [0, 0.05) is 6.61 Å². The van der Waals surface area contributed by atoms with Crippen molar-refractivity contribution >= 4 is 0 Å². The van der Waals surface area contributed by atoms with Gasteiger partial charge < -0.3 is 33.2 Å². The third kappa shape index (κ3) is 7.46. The van der Waals surface area contributed by atoms with E-state index in [0.29, 0.717) is 0 Å². The Balaban J connectivity index is 0.00000264. The van der Waals surface area contributed by atoms with E-state index in [2.05, 4.69) is 69.7 Å². The second-order valence-corrected chi connectivity index (χ2v) is 6.79. The molecule has 0 aliphatic rings. The van der Waals surface area contributed by atoms with Crippen LogP contribution in [-0.2, 0) is 4.74 Å². The number of nitrogens with zero attached hydrogens (tertiary/aromatic N) is 1. The fourth-order valence-electron chi connectivity index (χ4n) is 2.53. The SMILES string of the molecule is C[N+](C)(C)CCCCOC(c1ccccc1)c1ccccc1.[I-]. The fraction of sp³-hybridized carbons (Fsp3) is 0.400. The Bertz CT molecular complexity index is 497. The first kappa shape index (κ1) is 20.1. The molecule has 0 unspecified atom stereocenters. The number of benzene rings is 2. The molecule has 0 atom stereocenters. The van der Waals surface area contributed by atoms with E-state index in [-0.39, 0.29) is 30.1 Å². The summed E-state index contributed by atoms with van der Waals surface area (Å²) < 4.78 is 7.24. The van der Waals surface area contributed by atoms with Crippen LogP contribution in [0.3, 0.4) is 0 Å². The van der Waals surface area contributed by atoms with Crippen molar-refractivity contribution in [1.82, 2.24) is 0 Å². The van der Waals surface area contributed by atoms with E-state index < -0.39 is 0 Å². The third-order valence-electron chi connectivity index (χ3n) is 3.71. The minimum Gasteiger partial charge on any atom is -1.00 e. The van der Waals surface area contributed by atoms with Gasteiger partial charge in [0.1, 0.15) is 6.10 Å². The maximum Gasteiger partial charge on any atom is 0.108 e. The summed E-state index contributed by atoms with van der Waals surface area (Å²) in [5.41, 5.74) is 2.45. The highest BCUT2D eigenvalue weighted by Crippen LogP contribution is 2.25. The lowest BCUT2D eigenvalue weighted by Gasteiger charge is -2.24. The van der Waals surface area contributed by atoms with Gasteiger partial charge in [0.05, 0.1) is 27.7 Å². The number of halogens is 1. The molecule has 2 rings (SSSR count). The first-order valence-corrected chi connectivity index (χ1v) is 8.08. The summed E-state index contributed by atoms with van der Waals surface area (Å²) in [5.74, 6) is 0. The zero-order valence-corrected chi connectivity index (χ0v) is 16.6. The Morgan fingerprint density at radius 2 is 1.26 bits per heavy atom. The quantitative estimate of drug-likeness (QED) is 0.352. The van der Waals surface area contributed by atoms with Crippen molar-refractivity contribution in [3.05, 3.63) is 71.8 Å². The summed E-state index contributed by atoms with van der Waals surface area (Å²) in [6, 6.07) is 21.0. The van der Waals surface area contributed by atoms with E-state index in [9.17, 15) is 0 Å². The summed E-state index contributed by atoms with van der Waals surface area (Å²) in [5, 5.41) is 0. The van der Waals surface area contributed by atoms with Gasteiger partial charge in [-0.2, -0.15) is 0 Å². The van der Waals surface area contributed by atoms with Gasteiger partial charge in [0.25, 0.3) is 0 Å². The Labute approximate surface area is 158 Å². The first-order valence-electron chi connectivity index (χ1n) is 8.08. The van der Waals surface area contributed by atoms with Gasteiger partial charge in [-0.15, -0.1) is 0 Å². The summed E-state index contributed by atoms with van der Waals surface area (Å²) in [7, 11) is 6.70. The summed E-state index contributed by atoms with van der Waals surface area (Å²) in [6.07, 6.45) is 2.33. The van der Waals surface area contributed by atoms with Crippen LogP contribution in [-0.4, -0.2) is 38.8 Å². The largest absolute Gasteiger partial charge is 1.00 e. The number of unbranched alkanes of at least 4 members (excludes halogenated alkanes) is 1.